The van der Waals surface area contributed by atoms with E-state index in [0.29, 0.717) is 18.8 Å². The van der Waals surface area contributed by atoms with Crippen molar-refractivity contribution in [2.24, 2.45) is 0 Å². The van der Waals surface area contributed by atoms with Crippen molar-refractivity contribution in [3.63, 3.8) is 0 Å². The minimum Gasteiger partial charge on any atom is -0.465 e. The summed E-state index contributed by atoms with van der Waals surface area (Å²) in [5.41, 5.74) is 1.26. The van der Waals surface area contributed by atoms with Crippen LogP contribution >= 0.6 is 0 Å². The van der Waals surface area contributed by atoms with Crippen LogP contribution in [0.1, 0.15) is 55.1 Å². The summed E-state index contributed by atoms with van der Waals surface area (Å²) in [6, 6.07) is 6.66. The fourth-order valence-electron chi connectivity index (χ4n) is 2.94. The highest BCUT2D eigenvalue weighted by Gasteiger charge is 2.30. The number of hydrogen-bond donors (Lipinski definition) is 0. The molecule has 0 N–H and O–H groups in total. The molecule has 1 unspecified atom stereocenters. The van der Waals surface area contributed by atoms with E-state index in [1.54, 1.807) is 32.0 Å². The maximum atomic E-state index is 12.5. The lowest BCUT2D eigenvalue weighted by molar-refractivity contribution is -0.150. The Balaban J connectivity index is 2.28. The lowest BCUT2D eigenvalue weighted by atomic mass is 10.00. The molecule has 5 heteroatoms. The number of likely N-dealkylation sites (tertiary alicyclic amines) is 1. The number of carbonyl (C=O) groups excluding carboxylic acids is 2. The Morgan fingerprint density at radius 2 is 1.78 bits per heavy atom. The summed E-state index contributed by atoms with van der Waals surface area (Å²) in [4.78, 5) is 26.6. The van der Waals surface area contributed by atoms with Crippen LogP contribution in [0.25, 0.3) is 0 Å². The van der Waals surface area contributed by atoms with Crippen LogP contribution in [0.2, 0.25) is 0 Å². The van der Waals surface area contributed by atoms with Crippen LogP contribution in [0.15, 0.2) is 24.3 Å². The van der Waals surface area contributed by atoms with Crippen LogP contribution < -0.4 is 0 Å². The monoisotopic (exact) mass is 319 g/mol. The molecule has 0 bridgehead atoms. The topological polar surface area (TPSA) is 55.8 Å². The molecule has 1 aliphatic rings. The van der Waals surface area contributed by atoms with E-state index in [2.05, 4.69) is 4.90 Å². The van der Waals surface area contributed by atoms with E-state index in [9.17, 15) is 9.59 Å². The highest BCUT2D eigenvalue weighted by atomic mass is 16.5. The van der Waals surface area contributed by atoms with Gasteiger partial charge in [0.25, 0.3) is 0 Å². The SMILES string of the molecule is CCOC(=O)c1cccc(C(C(=O)OCC)N2CCCCC2)c1. The molecule has 1 saturated heterocycles. The second-order valence-electron chi connectivity index (χ2n) is 5.60. The molecule has 1 aromatic rings. The molecule has 2 rings (SSSR count). The predicted octanol–water partition coefficient (Wildman–Crippen LogP) is 2.95. The highest BCUT2D eigenvalue weighted by Crippen LogP contribution is 2.27. The summed E-state index contributed by atoms with van der Waals surface area (Å²) < 4.78 is 10.3. The van der Waals surface area contributed by atoms with Crippen molar-refractivity contribution < 1.29 is 19.1 Å². The van der Waals surface area contributed by atoms with Gasteiger partial charge in [-0.05, 0) is 57.5 Å². The molecule has 0 aliphatic carbocycles. The number of ether oxygens (including phenoxy) is 2. The van der Waals surface area contributed by atoms with E-state index < -0.39 is 6.04 Å². The minimum atomic E-state index is -0.454. The third kappa shape index (κ3) is 4.55. The van der Waals surface area contributed by atoms with Gasteiger partial charge in [0.15, 0.2) is 0 Å². The third-order valence-electron chi connectivity index (χ3n) is 3.98. The van der Waals surface area contributed by atoms with Gasteiger partial charge in [-0.1, -0.05) is 18.6 Å². The lowest BCUT2D eigenvalue weighted by Gasteiger charge is -2.33. The van der Waals surface area contributed by atoms with E-state index in [0.717, 1.165) is 31.5 Å². The number of piperidine rings is 1. The van der Waals surface area contributed by atoms with Crippen LogP contribution in [0, 0.1) is 0 Å². The Bertz CT molecular complexity index is 538. The number of benzene rings is 1. The van der Waals surface area contributed by atoms with Gasteiger partial charge in [-0.15, -0.1) is 0 Å². The standard InChI is InChI=1S/C18H25NO4/c1-3-22-17(20)15-10-8-9-14(13-15)16(18(21)23-4-2)19-11-6-5-7-12-19/h8-10,13,16H,3-7,11-12H2,1-2H3. The Hall–Kier alpha value is -1.88. The first-order valence-corrected chi connectivity index (χ1v) is 8.35. The molecule has 1 fully saturated rings. The van der Waals surface area contributed by atoms with E-state index >= 15 is 0 Å². The van der Waals surface area contributed by atoms with Crippen molar-refractivity contribution in [2.75, 3.05) is 26.3 Å². The molecule has 126 valence electrons. The average Bonchev–Trinajstić information content (AvgIpc) is 2.57. The summed E-state index contributed by atoms with van der Waals surface area (Å²) in [6.07, 6.45) is 3.34. The van der Waals surface area contributed by atoms with Crippen molar-refractivity contribution in [1.82, 2.24) is 4.90 Å². The molecule has 0 spiro atoms. The van der Waals surface area contributed by atoms with Gasteiger partial charge in [0.2, 0.25) is 0 Å². The molecule has 0 radical (unpaired) electrons. The van der Waals surface area contributed by atoms with E-state index in [1.807, 2.05) is 6.07 Å². The molecule has 1 heterocycles. The quantitative estimate of drug-likeness (QED) is 0.755. The summed E-state index contributed by atoms with van der Waals surface area (Å²) in [5.74, 6) is -0.619. The number of esters is 2. The maximum Gasteiger partial charge on any atom is 0.338 e. The Labute approximate surface area is 137 Å². The fourth-order valence-corrected chi connectivity index (χ4v) is 2.94. The maximum absolute atomic E-state index is 12.5. The van der Waals surface area contributed by atoms with E-state index in [-0.39, 0.29) is 11.9 Å². The smallest absolute Gasteiger partial charge is 0.338 e. The summed E-state index contributed by atoms with van der Waals surface area (Å²) >= 11 is 0. The van der Waals surface area contributed by atoms with Gasteiger partial charge in [0.05, 0.1) is 18.8 Å². The third-order valence-corrected chi connectivity index (χ3v) is 3.98. The molecule has 1 aliphatic heterocycles. The van der Waals surface area contributed by atoms with Crippen molar-refractivity contribution in [3.8, 4) is 0 Å². The van der Waals surface area contributed by atoms with Crippen molar-refractivity contribution >= 4 is 11.9 Å². The molecule has 23 heavy (non-hydrogen) atoms. The Morgan fingerprint density at radius 1 is 1.09 bits per heavy atom. The van der Waals surface area contributed by atoms with Gasteiger partial charge in [-0.2, -0.15) is 0 Å². The molecular formula is C18H25NO4. The van der Waals surface area contributed by atoms with Crippen LogP contribution in [0.5, 0.6) is 0 Å². The molecule has 0 amide bonds. The average molecular weight is 319 g/mol. The largest absolute Gasteiger partial charge is 0.465 e. The minimum absolute atomic E-state index is 0.254. The molecule has 1 aromatic carbocycles. The van der Waals surface area contributed by atoms with Gasteiger partial charge >= 0.3 is 11.9 Å². The number of hydrogen-bond acceptors (Lipinski definition) is 5. The van der Waals surface area contributed by atoms with Crippen LogP contribution in [0.4, 0.5) is 0 Å². The number of rotatable bonds is 6. The molecule has 0 aromatic heterocycles. The number of nitrogens with zero attached hydrogens (tertiary/aromatic N) is 1. The second-order valence-corrected chi connectivity index (χ2v) is 5.60. The molecule has 5 nitrogen and oxygen atoms in total. The van der Waals surface area contributed by atoms with Crippen LogP contribution in [0.3, 0.4) is 0 Å². The fraction of sp³-hybridized carbons (Fsp3) is 0.556. The first-order chi connectivity index (χ1) is 11.2. The van der Waals surface area contributed by atoms with Crippen LogP contribution in [-0.4, -0.2) is 43.1 Å². The van der Waals surface area contributed by atoms with Crippen molar-refractivity contribution in [1.29, 1.82) is 0 Å². The summed E-state index contributed by atoms with van der Waals surface area (Å²) in [6.45, 7) is 5.99. The first kappa shape index (κ1) is 17.5. The van der Waals surface area contributed by atoms with Crippen molar-refractivity contribution in [2.45, 2.75) is 39.2 Å². The van der Waals surface area contributed by atoms with Gasteiger partial charge in [-0.3, -0.25) is 4.90 Å². The van der Waals surface area contributed by atoms with Gasteiger partial charge in [0, 0.05) is 0 Å². The Morgan fingerprint density at radius 3 is 2.43 bits per heavy atom. The van der Waals surface area contributed by atoms with E-state index in [4.69, 9.17) is 9.47 Å². The molecule has 1 atom stereocenters. The zero-order valence-electron chi connectivity index (χ0n) is 13.9. The zero-order valence-corrected chi connectivity index (χ0v) is 13.9. The second kappa shape index (κ2) is 8.67. The lowest BCUT2D eigenvalue weighted by Crippen LogP contribution is -2.38. The van der Waals surface area contributed by atoms with Crippen LogP contribution in [-0.2, 0) is 14.3 Å². The molecular weight excluding hydrogens is 294 g/mol. The van der Waals surface area contributed by atoms with E-state index in [1.165, 1.54) is 6.42 Å². The molecule has 0 saturated carbocycles. The van der Waals surface area contributed by atoms with Crippen molar-refractivity contribution in [3.05, 3.63) is 35.4 Å². The Kier molecular flexibility index (Phi) is 6.59. The first-order valence-electron chi connectivity index (χ1n) is 8.35. The van der Waals surface area contributed by atoms with Gasteiger partial charge in [-0.25, -0.2) is 9.59 Å². The number of carbonyl (C=O) groups is 2. The summed E-state index contributed by atoms with van der Waals surface area (Å²) in [7, 11) is 0. The summed E-state index contributed by atoms with van der Waals surface area (Å²) in [5, 5.41) is 0. The predicted molar refractivity (Wildman–Crippen MR) is 87.2 cm³/mol. The van der Waals surface area contributed by atoms with Gasteiger partial charge < -0.3 is 9.47 Å². The normalized spacial score (nSPS) is 16.6. The zero-order chi connectivity index (χ0) is 16.7. The highest BCUT2D eigenvalue weighted by molar-refractivity contribution is 5.90. The van der Waals surface area contributed by atoms with Gasteiger partial charge in [0.1, 0.15) is 6.04 Å².